The van der Waals surface area contributed by atoms with Gasteiger partial charge in [-0.05, 0) is 48.4 Å². The second-order valence-corrected chi connectivity index (χ2v) is 9.84. The fraction of sp³-hybridized carbons (Fsp3) is 0.207. The summed E-state index contributed by atoms with van der Waals surface area (Å²) >= 11 is 0. The van der Waals surface area contributed by atoms with Gasteiger partial charge in [-0.25, -0.2) is 4.90 Å². The molecule has 1 spiro atoms. The highest BCUT2D eigenvalue weighted by atomic mass is 16.5. The minimum atomic E-state index is -1.33. The van der Waals surface area contributed by atoms with Gasteiger partial charge in [0.2, 0.25) is 17.7 Å². The van der Waals surface area contributed by atoms with Gasteiger partial charge in [0, 0.05) is 34.4 Å². The van der Waals surface area contributed by atoms with Gasteiger partial charge >= 0.3 is 0 Å². The molecular weight excluding hydrogens is 468 g/mol. The molecule has 3 N–H and O–H groups in total. The molecule has 1 aromatic heterocycles. The van der Waals surface area contributed by atoms with E-state index in [4.69, 9.17) is 4.74 Å². The number of para-hydroxylation sites is 2. The molecule has 4 aromatic rings. The number of anilines is 2. The van der Waals surface area contributed by atoms with Gasteiger partial charge in [0.1, 0.15) is 11.3 Å². The first-order valence-corrected chi connectivity index (χ1v) is 12.3. The zero-order valence-corrected chi connectivity index (χ0v) is 20.0. The normalized spacial score (nSPS) is 26.1. The highest BCUT2D eigenvalue weighted by Crippen LogP contribution is 2.54. The summed E-state index contributed by atoms with van der Waals surface area (Å²) < 4.78 is 5.25. The monoisotopic (exact) mass is 492 g/mol. The van der Waals surface area contributed by atoms with Crippen molar-refractivity contribution in [3.05, 3.63) is 90.1 Å². The molecule has 4 heterocycles. The highest BCUT2D eigenvalue weighted by molar-refractivity contribution is 6.25. The number of nitrogens with zero attached hydrogens (tertiary/aromatic N) is 1. The summed E-state index contributed by atoms with van der Waals surface area (Å²) in [6.07, 6.45) is 2.43. The standard InChI is InChI=1S/C29H24N4O4/c1-37-18-12-10-17(11-13-18)33-26(34)24-23(14-16-15-30-21-8-4-2-6-19(16)21)32-29(25(24)27(33)35)20-7-3-5-9-22(20)31-28(29)36/h2-13,15,23-25,30,32H,14H2,1H3,(H,31,36)/t23-,24-,25-,29+/m0/s1. The Morgan fingerprint density at radius 1 is 0.919 bits per heavy atom. The number of hydrogen-bond acceptors (Lipinski definition) is 5. The van der Waals surface area contributed by atoms with Gasteiger partial charge in [0.25, 0.3) is 0 Å². The van der Waals surface area contributed by atoms with Gasteiger partial charge < -0.3 is 15.0 Å². The van der Waals surface area contributed by atoms with Gasteiger partial charge in [-0.15, -0.1) is 0 Å². The summed E-state index contributed by atoms with van der Waals surface area (Å²) in [5, 5.41) is 7.52. The molecule has 2 fully saturated rings. The second kappa shape index (κ2) is 7.78. The van der Waals surface area contributed by atoms with Crippen molar-refractivity contribution in [1.29, 1.82) is 0 Å². The molecule has 0 aliphatic carbocycles. The topological polar surface area (TPSA) is 104 Å². The van der Waals surface area contributed by atoms with Crippen molar-refractivity contribution in [3.8, 4) is 5.75 Å². The van der Waals surface area contributed by atoms with Crippen LogP contribution in [0.1, 0.15) is 11.1 Å². The Morgan fingerprint density at radius 2 is 1.68 bits per heavy atom. The van der Waals surface area contributed by atoms with Gasteiger partial charge in [-0.1, -0.05) is 36.4 Å². The van der Waals surface area contributed by atoms with Crippen molar-refractivity contribution in [1.82, 2.24) is 10.3 Å². The van der Waals surface area contributed by atoms with Crippen molar-refractivity contribution in [2.24, 2.45) is 11.8 Å². The maximum atomic E-state index is 14.1. The lowest BCUT2D eigenvalue weighted by Crippen LogP contribution is -2.53. The Balaban J connectivity index is 1.36. The number of aromatic amines is 1. The van der Waals surface area contributed by atoms with Crippen LogP contribution in [0.3, 0.4) is 0 Å². The third-order valence-electron chi connectivity index (χ3n) is 8.07. The van der Waals surface area contributed by atoms with Crippen LogP contribution < -0.4 is 20.3 Å². The molecule has 3 aliphatic heterocycles. The Labute approximate surface area is 212 Å². The predicted octanol–water partition coefficient (Wildman–Crippen LogP) is 3.34. The Hall–Kier alpha value is -4.43. The predicted molar refractivity (Wildman–Crippen MR) is 138 cm³/mol. The van der Waals surface area contributed by atoms with Crippen LogP contribution >= 0.6 is 0 Å². The molecule has 7 rings (SSSR count). The minimum absolute atomic E-state index is 0.299. The van der Waals surface area contributed by atoms with Crippen molar-refractivity contribution < 1.29 is 19.1 Å². The Morgan fingerprint density at radius 3 is 2.49 bits per heavy atom. The zero-order chi connectivity index (χ0) is 25.3. The summed E-state index contributed by atoms with van der Waals surface area (Å²) in [4.78, 5) is 46.3. The van der Waals surface area contributed by atoms with E-state index in [1.165, 1.54) is 4.90 Å². The van der Waals surface area contributed by atoms with Crippen molar-refractivity contribution in [3.63, 3.8) is 0 Å². The van der Waals surface area contributed by atoms with Crippen LogP contribution in [0.25, 0.3) is 10.9 Å². The fourth-order valence-electron chi connectivity index (χ4n) is 6.46. The molecule has 0 radical (unpaired) electrons. The van der Waals surface area contributed by atoms with E-state index < -0.39 is 23.4 Å². The average molecular weight is 493 g/mol. The number of ether oxygens (including phenoxy) is 1. The Bertz CT molecular complexity index is 1590. The van der Waals surface area contributed by atoms with Gasteiger partial charge in [0.05, 0.1) is 24.6 Å². The van der Waals surface area contributed by atoms with Crippen LogP contribution in [0.2, 0.25) is 0 Å². The molecule has 0 unspecified atom stereocenters. The molecule has 2 saturated heterocycles. The number of hydrogen-bond donors (Lipinski definition) is 3. The quantitative estimate of drug-likeness (QED) is 0.379. The average Bonchev–Trinajstić information content (AvgIpc) is 3.63. The third kappa shape index (κ3) is 2.90. The van der Waals surface area contributed by atoms with E-state index in [1.54, 1.807) is 31.4 Å². The van der Waals surface area contributed by atoms with Crippen molar-refractivity contribution in [2.45, 2.75) is 18.0 Å². The molecule has 0 bridgehead atoms. The number of carbonyl (C=O) groups is 3. The SMILES string of the molecule is COc1ccc(N2C(=O)[C@H]3[C@H](Cc4c[nH]c5ccccc45)N[C@@]4(C(=O)Nc5ccccc54)[C@@H]3C2=O)cc1. The fourth-order valence-corrected chi connectivity index (χ4v) is 6.46. The summed E-state index contributed by atoms with van der Waals surface area (Å²) in [6, 6.07) is 21.8. The smallest absolute Gasteiger partial charge is 0.250 e. The summed E-state index contributed by atoms with van der Waals surface area (Å²) in [7, 11) is 1.56. The van der Waals surface area contributed by atoms with Gasteiger partial charge in [-0.3, -0.25) is 19.7 Å². The molecule has 4 atom stereocenters. The molecule has 3 amide bonds. The lowest BCUT2D eigenvalue weighted by Gasteiger charge is -2.29. The number of H-pyrrole nitrogens is 1. The Kier molecular flexibility index (Phi) is 4.59. The molecule has 184 valence electrons. The number of rotatable bonds is 4. The van der Waals surface area contributed by atoms with Gasteiger partial charge in [-0.2, -0.15) is 0 Å². The number of fused-ring (bicyclic) bond motifs is 5. The first-order chi connectivity index (χ1) is 18.0. The lowest BCUT2D eigenvalue weighted by atomic mass is 9.76. The molecule has 0 saturated carbocycles. The van der Waals surface area contributed by atoms with Gasteiger partial charge in [0.15, 0.2) is 0 Å². The van der Waals surface area contributed by atoms with E-state index in [9.17, 15) is 14.4 Å². The van der Waals surface area contributed by atoms with Crippen LogP contribution in [0.5, 0.6) is 5.75 Å². The number of carbonyl (C=O) groups excluding carboxylic acids is 3. The van der Waals surface area contributed by atoms with E-state index in [0.717, 1.165) is 16.5 Å². The molecule has 3 aromatic carbocycles. The first kappa shape index (κ1) is 21.8. The number of benzene rings is 3. The summed E-state index contributed by atoms with van der Waals surface area (Å²) in [6.45, 7) is 0. The summed E-state index contributed by atoms with van der Waals surface area (Å²) in [5.41, 5.74) is 2.53. The van der Waals surface area contributed by atoms with E-state index >= 15 is 0 Å². The van der Waals surface area contributed by atoms with Crippen LogP contribution in [-0.4, -0.2) is 35.9 Å². The zero-order valence-electron chi connectivity index (χ0n) is 20.0. The maximum absolute atomic E-state index is 14.1. The number of methoxy groups -OCH3 is 1. The van der Waals surface area contributed by atoms with Crippen molar-refractivity contribution >= 4 is 40.0 Å². The maximum Gasteiger partial charge on any atom is 0.250 e. The van der Waals surface area contributed by atoms with Crippen LogP contribution in [-0.2, 0) is 26.3 Å². The van der Waals surface area contributed by atoms with Crippen LogP contribution in [0, 0.1) is 11.8 Å². The molecule has 8 heteroatoms. The highest BCUT2D eigenvalue weighted by Gasteiger charge is 2.70. The number of amides is 3. The minimum Gasteiger partial charge on any atom is -0.497 e. The second-order valence-electron chi connectivity index (χ2n) is 9.84. The third-order valence-corrected chi connectivity index (χ3v) is 8.07. The number of aromatic nitrogens is 1. The molecule has 3 aliphatic rings. The first-order valence-electron chi connectivity index (χ1n) is 12.3. The van der Waals surface area contributed by atoms with E-state index in [1.807, 2.05) is 54.7 Å². The van der Waals surface area contributed by atoms with E-state index in [2.05, 4.69) is 15.6 Å². The van der Waals surface area contributed by atoms with E-state index in [-0.39, 0.29) is 17.7 Å². The summed E-state index contributed by atoms with van der Waals surface area (Å²) in [5.74, 6) is -1.93. The van der Waals surface area contributed by atoms with Crippen LogP contribution in [0.15, 0.2) is 79.0 Å². The van der Waals surface area contributed by atoms with Crippen molar-refractivity contribution in [2.75, 3.05) is 17.3 Å². The molecular formula is C29H24N4O4. The lowest BCUT2D eigenvalue weighted by molar-refractivity contribution is -0.130. The largest absolute Gasteiger partial charge is 0.497 e. The van der Waals surface area contributed by atoms with E-state index in [0.29, 0.717) is 29.1 Å². The number of nitrogens with one attached hydrogen (secondary N) is 3. The number of imide groups is 1. The molecule has 8 nitrogen and oxygen atoms in total. The molecule has 37 heavy (non-hydrogen) atoms. The van der Waals surface area contributed by atoms with Crippen LogP contribution in [0.4, 0.5) is 11.4 Å².